The van der Waals surface area contributed by atoms with Crippen LogP contribution in [0, 0.1) is 0 Å². The van der Waals surface area contributed by atoms with E-state index in [0.717, 1.165) is 0 Å². The second kappa shape index (κ2) is 6.96. The van der Waals surface area contributed by atoms with Crippen LogP contribution in [0.1, 0.15) is 13.8 Å². The molecular formula is C10H16F3N3O4. The van der Waals surface area contributed by atoms with Crippen molar-refractivity contribution in [3.05, 3.63) is 0 Å². The van der Waals surface area contributed by atoms with E-state index in [1.165, 1.54) is 13.8 Å². The molecule has 7 nitrogen and oxygen atoms in total. The fraction of sp³-hybridized carbons (Fsp3) is 0.700. The van der Waals surface area contributed by atoms with E-state index in [4.69, 9.17) is 10.8 Å². The number of aliphatic carboxylic acids is 1. The van der Waals surface area contributed by atoms with Crippen molar-refractivity contribution in [3.8, 4) is 0 Å². The Bertz CT molecular complexity index is 368. The van der Waals surface area contributed by atoms with Crippen molar-refractivity contribution in [1.29, 1.82) is 0 Å². The van der Waals surface area contributed by atoms with Gasteiger partial charge in [0.05, 0.1) is 0 Å². The lowest BCUT2D eigenvalue weighted by molar-refractivity contribution is -0.144. The molecule has 0 saturated carbocycles. The summed E-state index contributed by atoms with van der Waals surface area (Å²) in [5, 5.41) is 8.61. The standard InChI is InChI=1S/C10H16F3N3O4/c1-6(2)16(5-10(11,12)13)9(20)15(3-7(14)17)4-8(18)19/h6H,3-5H2,1-2H3,(H2,14,17)(H,18,19). The van der Waals surface area contributed by atoms with Gasteiger partial charge in [-0.2, -0.15) is 13.2 Å². The van der Waals surface area contributed by atoms with Crippen LogP contribution in [0.4, 0.5) is 18.0 Å². The number of primary amides is 1. The molecule has 3 N–H and O–H groups in total. The van der Waals surface area contributed by atoms with Gasteiger partial charge in [-0.05, 0) is 13.8 Å². The van der Waals surface area contributed by atoms with E-state index < -0.39 is 49.8 Å². The molecule has 0 radical (unpaired) electrons. The molecule has 0 aromatic heterocycles. The van der Waals surface area contributed by atoms with Gasteiger partial charge in [0.1, 0.15) is 19.6 Å². The van der Waals surface area contributed by atoms with Gasteiger partial charge in [0.15, 0.2) is 0 Å². The molecule has 0 spiro atoms. The van der Waals surface area contributed by atoms with Crippen molar-refractivity contribution in [3.63, 3.8) is 0 Å². The van der Waals surface area contributed by atoms with E-state index in [1.54, 1.807) is 0 Å². The summed E-state index contributed by atoms with van der Waals surface area (Å²) in [4.78, 5) is 34.1. The number of carboxylic acid groups (broad SMARTS) is 1. The van der Waals surface area contributed by atoms with E-state index in [1.807, 2.05) is 0 Å². The second-order valence-electron chi connectivity index (χ2n) is 4.34. The van der Waals surface area contributed by atoms with E-state index >= 15 is 0 Å². The molecule has 20 heavy (non-hydrogen) atoms. The van der Waals surface area contributed by atoms with Crippen molar-refractivity contribution >= 4 is 17.9 Å². The zero-order valence-corrected chi connectivity index (χ0v) is 11.0. The smallest absolute Gasteiger partial charge is 0.406 e. The largest absolute Gasteiger partial charge is 0.480 e. The molecule has 0 aromatic rings. The second-order valence-corrected chi connectivity index (χ2v) is 4.34. The monoisotopic (exact) mass is 299 g/mol. The van der Waals surface area contributed by atoms with Crippen LogP contribution >= 0.6 is 0 Å². The molecule has 10 heteroatoms. The van der Waals surface area contributed by atoms with Gasteiger partial charge in [-0.15, -0.1) is 0 Å². The predicted molar refractivity (Wildman–Crippen MR) is 61.7 cm³/mol. The Balaban J connectivity index is 5.14. The molecule has 0 aromatic carbocycles. The summed E-state index contributed by atoms with van der Waals surface area (Å²) in [6.07, 6.45) is -4.64. The van der Waals surface area contributed by atoms with Gasteiger partial charge in [-0.3, -0.25) is 9.59 Å². The summed E-state index contributed by atoms with van der Waals surface area (Å²) in [5.74, 6) is -2.48. The van der Waals surface area contributed by atoms with Gasteiger partial charge >= 0.3 is 18.2 Å². The maximum Gasteiger partial charge on any atom is 0.406 e. The van der Waals surface area contributed by atoms with Crippen LogP contribution in [0.25, 0.3) is 0 Å². The third-order valence-corrected chi connectivity index (χ3v) is 2.16. The van der Waals surface area contributed by atoms with Crippen molar-refractivity contribution < 1.29 is 32.7 Å². The summed E-state index contributed by atoms with van der Waals surface area (Å²) in [7, 11) is 0. The van der Waals surface area contributed by atoms with Crippen LogP contribution < -0.4 is 5.73 Å². The van der Waals surface area contributed by atoms with Crippen LogP contribution in [0.15, 0.2) is 0 Å². The fourth-order valence-corrected chi connectivity index (χ4v) is 1.39. The van der Waals surface area contributed by atoms with Gasteiger partial charge < -0.3 is 20.6 Å². The lowest BCUT2D eigenvalue weighted by Gasteiger charge is -2.32. The molecule has 0 atom stereocenters. The highest BCUT2D eigenvalue weighted by atomic mass is 19.4. The molecule has 0 aliphatic carbocycles. The van der Waals surface area contributed by atoms with E-state index in [2.05, 4.69) is 0 Å². The number of halogens is 3. The third-order valence-electron chi connectivity index (χ3n) is 2.16. The van der Waals surface area contributed by atoms with E-state index in [-0.39, 0.29) is 0 Å². The molecule has 0 bridgehead atoms. The highest BCUT2D eigenvalue weighted by molar-refractivity contribution is 5.86. The number of amides is 3. The number of alkyl halides is 3. The Morgan fingerprint density at radius 2 is 1.70 bits per heavy atom. The Hall–Kier alpha value is -2.00. The molecule has 0 fully saturated rings. The number of carbonyl (C=O) groups excluding carboxylic acids is 2. The molecule has 0 aliphatic rings. The SMILES string of the molecule is CC(C)N(CC(F)(F)F)C(=O)N(CC(N)=O)CC(=O)O. The summed E-state index contributed by atoms with van der Waals surface area (Å²) in [6, 6.07) is -2.04. The first-order chi connectivity index (χ1) is 8.94. The average molecular weight is 299 g/mol. The number of hydrogen-bond donors (Lipinski definition) is 2. The normalized spacial score (nSPS) is 11.3. The molecular weight excluding hydrogens is 283 g/mol. The van der Waals surface area contributed by atoms with Gasteiger partial charge in [0, 0.05) is 6.04 Å². The van der Waals surface area contributed by atoms with Gasteiger partial charge in [0.2, 0.25) is 5.91 Å². The number of carboxylic acids is 1. The predicted octanol–water partition coefficient (Wildman–Crippen LogP) is 0.251. The minimum Gasteiger partial charge on any atom is -0.480 e. The van der Waals surface area contributed by atoms with E-state index in [0.29, 0.717) is 9.80 Å². The fourth-order valence-electron chi connectivity index (χ4n) is 1.39. The lowest BCUT2D eigenvalue weighted by Crippen LogP contribution is -2.53. The van der Waals surface area contributed by atoms with Crippen molar-refractivity contribution in [2.24, 2.45) is 5.73 Å². The van der Waals surface area contributed by atoms with Crippen LogP contribution in [-0.2, 0) is 9.59 Å². The third kappa shape index (κ3) is 6.81. The minimum atomic E-state index is -4.64. The quantitative estimate of drug-likeness (QED) is 0.733. The number of rotatable bonds is 6. The van der Waals surface area contributed by atoms with Gasteiger partial charge in [-0.1, -0.05) is 0 Å². The Labute approximate surface area is 113 Å². The van der Waals surface area contributed by atoms with Gasteiger partial charge in [-0.25, -0.2) is 4.79 Å². The van der Waals surface area contributed by atoms with Crippen molar-refractivity contribution in [2.45, 2.75) is 26.1 Å². The minimum absolute atomic E-state index is 0.423. The number of nitrogens with zero attached hydrogens (tertiary/aromatic N) is 2. The van der Waals surface area contributed by atoms with Crippen LogP contribution in [0.3, 0.4) is 0 Å². The van der Waals surface area contributed by atoms with Crippen LogP contribution in [0.5, 0.6) is 0 Å². The average Bonchev–Trinajstić information content (AvgIpc) is 2.21. The first kappa shape index (κ1) is 18.0. The number of nitrogens with two attached hydrogens (primary N) is 1. The summed E-state index contributed by atoms with van der Waals surface area (Å²) >= 11 is 0. The molecule has 0 rings (SSSR count). The first-order valence-corrected chi connectivity index (χ1v) is 5.56. The summed E-state index contributed by atoms with van der Waals surface area (Å²) < 4.78 is 37.2. The molecule has 3 amide bonds. The van der Waals surface area contributed by atoms with Crippen LogP contribution in [0.2, 0.25) is 0 Å². The molecule has 0 saturated heterocycles. The summed E-state index contributed by atoms with van der Waals surface area (Å²) in [5.41, 5.74) is 4.84. The molecule has 0 heterocycles. The van der Waals surface area contributed by atoms with Gasteiger partial charge in [0.25, 0.3) is 0 Å². The molecule has 0 unspecified atom stereocenters. The molecule has 116 valence electrons. The highest BCUT2D eigenvalue weighted by Gasteiger charge is 2.36. The topological polar surface area (TPSA) is 104 Å². The van der Waals surface area contributed by atoms with Crippen molar-refractivity contribution in [2.75, 3.05) is 19.6 Å². The van der Waals surface area contributed by atoms with E-state index in [9.17, 15) is 27.6 Å². The summed E-state index contributed by atoms with van der Waals surface area (Å²) in [6.45, 7) is -0.548. The van der Waals surface area contributed by atoms with Crippen molar-refractivity contribution in [1.82, 2.24) is 9.80 Å². The van der Waals surface area contributed by atoms with Crippen LogP contribution in [-0.4, -0.2) is 64.7 Å². The maximum absolute atomic E-state index is 12.4. The lowest BCUT2D eigenvalue weighted by atomic mass is 10.3. The Morgan fingerprint density at radius 3 is 2.00 bits per heavy atom. The zero-order valence-electron chi connectivity index (χ0n) is 11.0. The number of urea groups is 1. The highest BCUT2D eigenvalue weighted by Crippen LogP contribution is 2.19. The maximum atomic E-state index is 12.4. The number of hydrogen-bond acceptors (Lipinski definition) is 3. The molecule has 0 aliphatic heterocycles. The number of carbonyl (C=O) groups is 3. The first-order valence-electron chi connectivity index (χ1n) is 5.56. The Kier molecular flexibility index (Phi) is 6.27. The Morgan fingerprint density at radius 1 is 1.20 bits per heavy atom. The zero-order chi connectivity index (χ0) is 16.1.